The molecule has 1 amide bonds. The molecule has 0 saturated heterocycles. The molecule has 0 fully saturated rings. The second-order valence-corrected chi connectivity index (χ2v) is 4.38. The summed E-state index contributed by atoms with van der Waals surface area (Å²) in [6.07, 6.45) is 12.0. The highest BCUT2D eigenvalue weighted by atomic mass is 16.1. The highest BCUT2D eigenvalue weighted by molar-refractivity contribution is 5.81. The molecule has 0 aromatic heterocycles. The lowest BCUT2D eigenvalue weighted by Crippen LogP contribution is -2.39. The summed E-state index contributed by atoms with van der Waals surface area (Å²) < 4.78 is 0. The van der Waals surface area contributed by atoms with E-state index in [4.69, 9.17) is 5.73 Å². The van der Waals surface area contributed by atoms with E-state index in [1.807, 2.05) is 12.2 Å². The minimum absolute atomic E-state index is 0.00842. The Kier molecular flexibility index (Phi) is 3.21. The maximum absolute atomic E-state index is 11.8. The van der Waals surface area contributed by atoms with Crippen molar-refractivity contribution in [2.24, 2.45) is 11.7 Å². The Labute approximate surface area is 90.4 Å². The summed E-state index contributed by atoms with van der Waals surface area (Å²) in [7, 11) is 0. The van der Waals surface area contributed by atoms with Gasteiger partial charge >= 0.3 is 0 Å². The van der Waals surface area contributed by atoms with Crippen LogP contribution in [-0.4, -0.2) is 18.0 Å². The smallest absolute Gasteiger partial charge is 0.227 e. The van der Waals surface area contributed by atoms with Crippen molar-refractivity contribution >= 4 is 5.91 Å². The van der Waals surface area contributed by atoms with Crippen LogP contribution in [0.5, 0.6) is 0 Å². The second kappa shape index (κ2) is 4.62. The number of nitrogens with one attached hydrogen (secondary N) is 1. The van der Waals surface area contributed by atoms with E-state index >= 15 is 0 Å². The van der Waals surface area contributed by atoms with Gasteiger partial charge in [0, 0.05) is 12.1 Å². The molecule has 3 heteroatoms. The quantitative estimate of drug-likeness (QED) is 0.665. The number of amides is 1. The van der Waals surface area contributed by atoms with Crippen molar-refractivity contribution in [3.05, 3.63) is 24.3 Å². The first-order valence-corrected chi connectivity index (χ1v) is 5.65. The molecule has 0 heterocycles. The highest BCUT2D eigenvalue weighted by Crippen LogP contribution is 2.18. The Bertz CT molecular complexity index is 296. The Morgan fingerprint density at radius 3 is 2.80 bits per heavy atom. The predicted molar refractivity (Wildman–Crippen MR) is 60.1 cm³/mol. The molecular weight excluding hydrogens is 188 g/mol. The molecule has 0 radical (unpaired) electrons. The third kappa shape index (κ3) is 2.69. The molecule has 0 spiro atoms. The first-order chi connectivity index (χ1) is 7.25. The Hall–Kier alpha value is -1.09. The standard InChI is InChI=1S/C12H18N2O/c13-10-7-6-9(8-10)12(15)14-11-4-2-1-3-5-11/h1-2,6-7,9-11H,3-5,8,13H2,(H,14,15). The molecule has 2 aliphatic rings. The Morgan fingerprint density at radius 2 is 2.20 bits per heavy atom. The molecule has 0 aromatic carbocycles. The van der Waals surface area contributed by atoms with Gasteiger partial charge in [0.1, 0.15) is 0 Å². The van der Waals surface area contributed by atoms with Crippen LogP contribution in [0, 0.1) is 5.92 Å². The third-order valence-electron chi connectivity index (χ3n) is 3.07. The minimum Gasteiger partial charge on any atom is -0.353 e. The second-order valence-electron chi connectivity index (χ2n) is 4.38. The molecule has 0 aromatic rings. The van der Waals surface area contributed by atoms with Gasteiger partial charge in [0.15, 0.2) is 0 Å². The van der Waals surface area contributed by atoms with E-state index in [2.05, 4.69) is 17.5 Å². The zero-order valence-electron chi connectivity index (χ0n) is 8.86. The third-order valence-corrected chi connectivity index (χ3v) is 3.07. The molecule has 0 aliphatic heterocycles. The minimum atomic E-state index is -0.00842. The molecule has 82 valence electrons. The van der Waals surface area contributed by atoms with Crippen LogP contribution in [-0.2, 0) is 4.79 Å². The zero-order valence-corrected chi connectivity index (χ0v) is 8.86. The molecule has 2 aliphatic carbocycles. The summed E-state index contributed by atoms with van der Waals surface area (Å²) in [5.41, 5.74) is 5.72. The normalized spacial score (nSPS) is 34.3. The highest BCUT2D eigenvalue weighted by Gasteiger charge is 2.24. The summed E-state index contributed by atoms with van der Waals surface area (Å²) in [4.78, 5) is 11.8. The van der Waals surface area contributed by atoms with Crippen LogP contribution in [0.1, 0.15) is 25.7 Å². The van der Waals surface area contributed by atoms with Gasteiger partial charge in [-0.05, 0) is 25.7 Å². The lowest BCUT2D eigenvalue weighted by atomic mass is 10.0. The van der Waals surface area contributed by atoms with Crippen LogP contribution < -0.4 is 11.1 Å². The van der Waals surface area contributed by atoms with Crippen LogP contribution in [0.2, 0.25) is 0 Å². The first kappa shape index (κ1) is 10.4. The molecule has 0 saturated carbocycles. The summed E-state index contributed by atoms with van der Waals surface area (Å²) in [6, 6.07) is 0.389. The molecule has 0 bridgehead atoms. The number of carbonyl (C=O) groups excluding carboxylic acids is 1. The van der Waals surface area contributed by atoms with Gasteiger partial charge in [-0.1, -0.05) is 24.3 Å². The SMILES string of the molecule is NC1C=CC(C(=O)NC2CC=CCC2)C1. The van der Waals surface area contributed by atoms with Gasteiger partial charge in [0.05, 0.1) is 5.92 Å². The molecule has 3 unspecified atom stereocenters. The summed E-state index contributed by atoms with van der Waals surface area (Å²) in [5, 5.41) is 3.08. The number of carbonyl (C=O) groups is 1. The summed E-state index contributed by atoms with van der Waals surface area (Å²) >= 11 is 0. The van der Waals surface area contributed by atoms with Gasteiger partial charge in [-0.25, -0.2) is 0 Å². The van der Waals surface area contributed by atoms with Crippen molar-refractivity contribution in [2.75, 3.05) is 0 Å². The van der Waals surface area contributed by atoms with Gasteiger partial charge in [0.2, 0.25) is 5.91 Å². The fraction of sp³-hybridized carbons (Fsp3) is 0.583. The van der Waals surface area contributed by atoms with Gasteiger partial charge in [-0.15, -0.1) is 0 Å². The van der Waals surface area contributed by atoms with Gasteiger partial charge in [0.25, 0.3) is 0 Å². The van der Waals surface area contributed by atoms with Crippen molar-refractivity contribution in [1.29, 1.82) is 0 Å². The topological polar surface area (TPSA) is 55.1 Å². The molecule has 3 atom stereocenters. The molecule has 2 rings (SSSR count). The fourth-order valence-electron chi connectivity index (χ4n) is 2.15. The number of allylic oxidation sites excluding steroid dienone is 1. The van der Waals surface area contributed by atoms with E-state index in [-0.39, 0.29) is 17.9 Å². The average molecular weight is 206 g/mol. The zero-order chi connectivity index (χ0) is 10.7. The molecule has 3 N–H and O–H groups in total. The van der Waals surface area contributed by atoms with Crippen molar-refractivity contribution in [3.63, 3.8) is 0 Å². The van der Waals surface area contributed by atoms with Crippen molar-refractivity contribution in [2.45, 2.75) is 37.8 Å². The Morgan fingerprint density at radius 1 is 1.33 bits per heavy atom. The fourth-order valence-corrected chi connectivity index (χ4v) is 2.15. The van der Waals surface area contributed by atoms with Gasteiger partial charge in [-0.2, -0.15) is 0 Å². The monoisotopic (exact) mass is 206 g/mol. The van der Waals surface area contributed by atoms with Crippen LogP contribution in [0.4, 0.5) is 0 Å². The van der Waals surface area contributed by atoms with E-state index in [0.29, 0.717) is 6.04 Å². The maximum Gasteiger partial charge on any atom is 0.227 e. The van der Waals surface area contributed by atoms with E-state index in [1.54, 1.807) is 0 Å². The van der Waals surface area contributed by atoms with Gasteiger partial charge in [-0.3, -0.25) is 4.79 Å². The summed E-state index contributed by atoms with van der Waals surface area (Å²) in [6.45, 7) is 0. The van der Waals surface area contributed by atoms with Crippen molar-refractivity contribution in [1.82, 2.24) is 5.32 Å². The van der Waals surface area contributed by atoms with E-state index in [0.717, 1.165) is 25.7 Å². The number of hydrogen-bond acceptors (Lipinski definition) is 2. The number of rotatable bonds is 2. The van der Waals surface area contributed by atoms with Gasteiger partial charge < -0.3 is 11.1 Å². The lowest BCUT2D eigenvalue weighted by molar-refractivity contribution is -0.124. The maximum atomic E-state index is 11.8. The molecule has 15 heavy (non-hydrogen) atoms. The van der Waals surface area contributed by atoms with Crippen molar-refractivity contribution in [3.8, 4) is 0 Å². The van der Waals surface area contributed by atoms with Crippen LogP contribution in [0.3, 0.4) is 0 Å². The van der Waals surface area contributed by atoms with E-state index in [9.17, 15) is 4.79 Å². The largest absolute Gasteiger partial charge is 0.353 e. The van der Waals surface area contributed by atoms with Crippen LogP contribution >= 0.6 is 0 Å². The van der Waals surface area contributed by atoms with Crippen LogP contribution in [0.25, 0.3) is 0 Å². The molecule has 3 nitrogen and oxygen atoms in total. The summed E-state index contributed by atoms with van der Waals surface area (Å²) in [5.74, 6) is 0.130. The van der Waals surface area contributed by atoms with E-state index in [1.165, 1.54) is 0 Å². The lowest BCUT2D eigenvalue weighted by Gasteiger charge is -2.21. The number of hydrogen-bond donors (Lipinski definition) is 2. The Balaban J connectivity index is 1.82. The predicted octanol–water partition coefficient (Wildman–Crippen LogP) is 1.11. The van der Waals surface area contributed by atoms with Crippen molar-refractivity contribution < 1.29 is 4.79 Å². The average Bonchev–Trinajstić information content (AvgIpc) is 2.66. The first-order valence-electron chi connectivity index (χ1n) is 5.65. The molecular formula is C12H18N2O. The number of nitrogens with two attached hydrogens (primary N) is 1. The van der Waals surface area contributed by atoms with E-state index < -0.39 is 0 Å². The van der Waals surface area contributed by atoms with Crippen LogP contribution in [0.15, 0.2) is 24.3 Å².